The highest BCUT2D eigenvalue weighted by molar-refractivity contribution is 5.14. The summed E-state index contributed by atoms with van der Waals surface area (Å²) in [6, 6.07) is 10.6. The lowest BCUT2D eigenvalue weighted by Gasteiger charge is -2.16. The number of rotatable bonds is 9. The van der Waals surface area contributed by atoms with E-state index in [0.717, 1.165) is 32.4 Å². The average molecular weight is 235 g/mol. The van der Waals surface area contributed by atoms with Crippen LogP contribution in [0.25, 0.3) is 0 Å². The van der Waals surface area contributed by atoms with Gasteiger partial charge in [0.1, 0.15) is 0 Å². The second-order valence-electron chi connectivity index (χ2n) is 4.43. The molecule has 0 aliphatic rings. The maximum atomic E-state index is 5.88. The van der Waals surface area contributed by atoms with Crippen molar-refractivity contribution < 1.29 is 4.74 Å². The minimum atomic E-state index is 0.376. The van der Waals surface area contributed by atoms with Crippen molar-refractivity contribution in [1.29, 1.82) is 0 Å². The van der Waals surface area contributed by atoms with Crippen molar-refractivity contribution in [3.8, 4) is 0 Å². The van der Waals surface area contributed by atoms with E-state index in [1.54, 1.807) is 0 Å². The van der Waals surface area contributed by atoms with Crippen molar-refractivity contribution in [2.75, 3.05) is 20.2 Å². The standard InChI is InChI=1S/C15H25NO/c1-3-8-15(13-16-2)17-12-7-11-14-9-5-4-6-10-14/h4-6,9-10,15-16H,3,7-8,11-13H2,1-2H3. The van der Waals surface area contributed by atoms with E-state index in [0.29, 0.717) is 6.10 Å². The lowest BCUT2D eigenvalue weighted by atomic mass is 10.1. The van der Waals surface area contributed by atoms with Crippen molar-refractivity contribution in [2.24, 2.45) is 0 Å². The maximum Gasteiger partial charge on any atom is 0.0699 e. The number of nitrogens with one attached hydrogen (secondary N) is 1. The number of aryl methyl sites for hydroxylation is 1. The Balaban J connectivity index is 2.13. The molecule has 0 saturated heterocycles. The zero-order chi connectivity index (χ0) is 12.3. The van der Waals surface area contributed by atoms with Gasteiger partial charge in [0.2, 0.25) is 0 Å². The lowest BCUT2D eigenvalue weighted by Crippen LogP contribution is -2.27. The van der Waals surface area contributed by atoms with Gasteiger partial charge < -0.3 is 10.1 Å². The Hall–Kier alpha value is -0.860. The van der Waals surface area contributed by atoms with Crippen LogP contribution in [0.2, 0.25) is 0 Å². The molecule has 2 nitrogen and oxygen atoms in total. The highest BCUT2D eigenvalue weighted by Crippen LogP contribution is 2.05. The van der Waals surface area contributed by atoms with Crippen LogP contribution in [-0.2, 0) is 11.2 Å². The van der Waals surface area contributed by atoms with Crippen LogP contribution in [0.5, 0.6) is 0 Å². The normalized spacial score (nSPS) is 12.6. The third-order valence-corrected chi connectivity index (χ3v) is 2.85. The molecule has 17 heavy (non-hydrogen) atoms. The molecule has 0 bridgehead atoms. The van der Waals surface area contributed by atoms with Gasteiger partial charge in [0.05, 0.1) is 6.10 Å². The predicted molar refractivity (Wildman–Crippen MR) is 73.3 cm³/mol. The SMILES string of the molecule is CCCC(CNC)OCCCc1ccccc1. The summed E-state index contributed by atoms with van der Waals surface area (Å²) < 4.78 is 5.88. The molecule has 0 fully saturated rings. The Bertz CT molecular complexity index is 268. The first-order valence-corrected chi connectivity index (χ1v) is 6.67. The highest BCUT2D eigenvalue weighted by atomic mass is 16.5. The summed E-state index contributed by atoms with van der Waals surface area (Å²) in [5.41, 5.74) is 1.40. The largest absolute Gasteiger partial charge is 0.377 e. The Morgan fingerprint density at radius 2 is 2.00 bits per heavy atom. The molecule has 0 aliphatic carbocycles. The molecule has 0 heterocycles. The van der Waals surface area contributed by atoms with Gasteiger partial charge in [-0.3, -0.25) is 0 Å². The first-order chi connectivity index (χ1) is 8.36. The van der Waals surface area contributed by atoms with E-state index in [4.69, 9.17) is 4.74 Å². The number of hydrogen-bond acceptors (Lipinski definition) is 2. The summed E-state index contributed by atoms with van der Waals surface area (Å²) in [5, 5.41) is 3.19. The summed E-state index contributed by atoms with van der Waals surface area (Å²) in [5.74, 6) is 0. The van der Waals surface area contributed by atoms with Crippen molar-refractivity contribution >= 4 is 0 Å². The Morgan fingerprint density at radius 1 is 1.24 bits per heavy atom. The molecule has 1 unspecified atom stereocenters. The molecule has 0 radical (unpaired) electrons. The van der Waals surface area contributed by atoms with E-state index in [2.05, 4.69) is 42.6 Å². The molecule has 1 aromatic carbocycles. The van der Waals surface area contributed by atoms with Gasteiger partial charge in [0.25, 0.3) is 0 Å². The molecule has 96 valence electrons. The maximum absolute atomic E-state index is 5.88. The third-order valence-electron chi connectivity index (χ3n) is 2.85. The van der Waals surface area contributed by atoms with Gasteiger partial charge in [-0.1, -0.05) is 43.7 Å². The fourth-order valence-electron chi connectivity index (χ4n) is 1.96. The number of likely N-dealkylation sites (N-methyl/N-ethyl adjacent to an activating group) is 1. The van der Waals surface area contributed by atoms with Crippen molar-refractivity contribution in [3.63, 3.8) is 0 Å². The molecule has 1 N–H and O–H groups in total. The van der Waals surface area contributed by atoms with E-state index in [1.165, 1.54) is 12.0 Å². The van der Waals surface area contributed by atoms with Crippen LogP contribution in [0.4, 0.5) is 0 Å². The van der Waals surface area contributed by atoms with Crippen LogP contribution in [0.3, 0.4) is 0 Å². The molecule has 0 spiro atoms. The minimum absolute atomic E-state index is 0.376. The van der Waals surface area contributed by atoms with Gasteiger partial charge in [0.15, 0.2) is 0 Å². The minimum Gasteiger partial charge on any atom is -0.377 e. The average Bonchev–Trinajstić information content (AvgIpc) is 2.36. The van der Waals surface area contributed by atoms with Gasteiger partial charge in [0, 0.05) is 13.2 Å². The molecule has 1 rings (SSSR count). The van der Waals surface area contributed by atoms with E-state index in [9.17, 15) is 0 Å². The molecule has 2 heteroatoms. The monoisotopic (exact) mass is 235 g/mol. The second-order valence-corrected chi connectivity index (χ2v) is 4.43. The fraction of sp³-hybridized carbons (Fsp3) is 0.600. The summed E-state index contributed by atoms with van der Waals surface area (Å²) in [6.45, 7) is 4.02. The van der Waals surface area contributed by atoms with Crippen LogP contribution in [-0.4, -0.2) is 26.3 Å². The third kappa shape index (κ3) is 6.44. The molecular formula is C15H25NO. The first kappa shape index (κ1) is 14.2. The molecule has 0 aliphatic heterocycles. The lowest BCUT2D eigenvalue weighted by molar-refractivity contribution is 0.0469. The molecule has 0 aromatic heterocycles. The van der Waals surface area contributed by atoms with Gasteiger partial charge in [-0.25, -0.2) is 0 Å². The van der Waals surface area contributed by atoms with E-state index in [-0.39, 0.29) is 0 Å². The fourth-order valence-corrected chi connectivity index (χ4v) is 1.96. The second kappa shape index (κ2) is 9.20. The van der Waals surface area contributed by atoms with E-state index >= 15 is 0 Å². The molecule has 1 atom stereocenters. The van der Waals surface area contributed by atoms with Crippen LogP contribution in [0.1, 0.15) is 31.7 Å². The molecule has 1 aromatic rings. The number of hydrogen-bond donors (Lipinski definition) is 1. The van der Waals surface area contributed by atoms with E-state index < -0.39 is 0 Å². The predicted octanol–water partition coefficient (Wildman–Crippen LogP) is 3.02. The molecule has 0 amide bonds. The molecule has 0 saturated carbocycles. The molecular weight excluding hydrogens is 210 g/mol. The van der Waals surface area contributed by atoms with Crippen molar-refractivity contribution in [2.45, 2.75) is 38.7 Å². The highest BCUT2D eigenvalue weighted by Gasteiger charge is 2.05. The van der Waals surface area contributed by atoms with Gasteiger partial charge >= 0.3 is 0 Å². The Morgan fingerprint density at radius 3 is 2.65 bits per heavy atom. The van der Waals surface area contributed by atoms with Gasteiger partial charge in [-0.2, -0.15) is 0 Å². The van der Waals surface area contributed by atoms with Crippen LogP contribution < -0.4 is 5.32 Å². The Kier molecular flexibility index (Phi) is 7.69. The van der Waals surface area contributed by atoms with Gasteiger partial charge in [-0.05, 0) is 31.9 Å². The summed E-state index contributed by atoms with van der Waals surface area (Å²) in [4.78, 5) is 0. The quantitative estimate of drug-likeness (QED) is 0.664. The van der Waals surface area contributed by atoms with Crippen LogP contribution in [0.15, 0.2) is 30.3 Å². The zero-order valence-corrected chi connectivity index (χ0v) is 11.1. The summed E-state index contributed by atoms with van der Waals surface area (Å²) in [7, 11) is 1.98. The number of benzene rings is 1. The van der Waals surface area contributed by atoms with Crippen LogP contribution in [0, 0.1) is 0 Å². The summed E-state index contributed by atoms with van der Waals surface area (Å²) >= 11 is 0. The van der Waals surface area contributed by atoms with E-state index in [1.807, 2.05) is 7.05 Å². The van der Waals surface area contributed by atoms with Gasteiger partial charge in [-0.15, -0.1) is 0 Å². The zero-order valence-electron chi connectivity index (χ0n) is 11.1. The van der Waals surface area contributed by atoms with Crippen LogP contribution >= 0.6 is 0 Å². The number of ether oxygens (including phenoxy) is 1. The smallest absolute Gasteiger partial charge is 0.0699 e. The summed E-state index contributed by atoms with van der Waals surface area (Å²) in [6.07, 6.45) is 4.92. The van der Waals surface area contributed by atoms with Crippen molar-refractivity contribution in [1.82, 2.24) is 5.32 Å². The Labute approximate surface area is 105 Å². The first-order valence-electron chi connectivity index (χ1n) is 6.67. The topological polar surface area (TPSA) is 21.3 Å². The van der Waals surface area contributed by atoms with Crippen molar-refractivity contribution in [3.05, 3.63) is 35.9 Å².